The van der Waals surface area contributed by atoms with E-state index in [0.29, 0.717) is 11.1 Å². The van der Waals surface area contributed by atoms with Gasteiger partial charge in [0.1, 0.15) is 5.82 Å². The van der Waals surface area contributed by atoms with E-state index in [1.54, 1.807) is 13.0 Å². The Morgan fingerprint density at radius 1 is 1.62 bits per heavy atom. The summed E-state index contributed by atoms with van der Waals surface area (Å²) in [5, 5.41) is 8.64. The van der Waals surface area contributed by atoms with Crippen LogP contribution in [0.3, 0.4) is 0 Å². The molecule has 1 N–H and O–H groups in total. The summed E-state index contributed by atoms with van der Waals surface area (Å²) in [7, 11) is 0. The van der Waals surface area contributed by atoms with Crippen molar-refractivity contribution in [2.24, 2.45) is 0 Å². The van der Waals surface area contributed by atoms with Crippen LogP contribution in [0.25, 0.3) is 6.08 Å². The first kappa shape index (κ1) is 9.45. The molecule has 0 aromatic heterocycles. The van der Waals surface area contributed by atoms with E-state index >= 15 is 0 Å². The lowest BCUT2D eigenvalue weighted by Gasteiger charge is -2.03. The van der Waals surface area contributed by atoms with E-state index in [2.05, 4.69) is 6.58 Å². The van der Waals surface area contributed by atoms with Crippen molar-refractivity contribution < 1.29 is 14.3 Å². The van der Waals surface area contributed by atoms with Crippen LogP contribution in [-0.4, -0.2) is 11.1 Å². The molecule has 0 heterocycles. The first-order valence-electron chi connectivity index (χ1n) is 3.72. The van der Waals surface area contributed by atoms with E-state index in [0.717, 1.165) is 6.07 Å². The van der Waals surface area contributed by atoms with Gasteiger partial charge in [0, 0.05) is 0 Å². The first-order valence-corrected chi connectivity index (χ1v) is 3.72. The largest absolute Gasteiger partial charge is 0.478 e. The maximum atomic E-state index is 13.1. The van der Waals surface area contributed by atoms with Crippen LogP contribution in [0.1, 0.15) is 21.5 Å². The van der Waals surface area contributed by atoms with Gasteiger partial charge < -0.3 is 5.11 Å². The second kappa shape index (κ2) is 3.39. The second-order valence-electron chi connectivity index (χ2n) is 2.70. The molecule has 0 fully saturated rings. The normalized spacial score (nSPS) is 9.69. The Hall–Kier alpha value is -1.64. The lowest BCUT2D eigenvalue weighted by Crippen LogP contribution is -2.03. The number of rotatable bonds is 2. The summed E-state index contributed by atoms with van der Waals surface area (Å²) in [6.45, 7) is 5.03. The number of aromatic carboxylic acids is 1. The van der Waals surface area contributed by atoms with Gasteiger partial charge in [0.2, 0.25) is 0 Å². The van der Waals surface area contributed by atoms with Gasteiger partial charge in [0.05, 0.1) is 5.56 Å². The summed E-state index contributed by atoms with van der Waals surface area (Å²) >= 11 is 0. The standard InChI is InChI=1S/C10H9FO2/c1-3-7-4-6(2)9(10(12)13)8(11)5-7/h3-5H,1H2,2H3,(H,12,13). The van der Waals surface area contributed by atoms with Gasteiger partial charge in [-0.3, -0.25) is 0 Å². The molecule has 2 nitrogen and oxygen atoms in total. The number of carboxylic acids is 1. The highest BCUT2D eigenvalue weighted by atomic mass is 19.1. The van der Waals surface area contributed by atoms with E-state index in [4.69, 9.17) is 5.11 Å². The molecule has 0 atom stereocenters. The van der Waals surface area contributed by atoms with Crippen molar-refractivity contribution in [2.45, 2.75) is 6.92 Å². The zero-order valence-corrected chi connectivity index (χ0v) is 7.17. The molecule has 0 aliphatic carbocycles. The number of aryl methyl sites for hydroxylation is 1. The fourth-order valence-electron chi connectivity index (χ4n) is 1.16. The number of carbonyl (C=O) groups is 1. The Kier molecular flexibility index (Phi) is 2.46. The molecule has 68 valence electrons. The van der Waals surface area contributed by atoms with Crippen LogP contribution in [-0.2, 0) is 0 Å². The summed E-state index contributed by atoms with van der Waals surface area (Å²) in [6, 6.07) is 2.74. The molecule has 0 amide bonds. The average Bonchev–Trinajstić information content (AvgIpc) is 2.02. The van der Waals surface area contributed by atoms with Crippen molar-refractivity contribution in [2.75, 3.05) is 0 Å². The van der Waals surface area contributed by atoms with Crippen LogP contribution in [0.5, 0.6) is 0 Å². The maximum absolute atomic E-state index is 13.1. The summed E-state index contributed by atoms with van der Waals surface area (Å²) < 4.78 is 13.1. The average molecular weight is 180 g/mol. The zero-order valence-electron chi connectivity index (χ0n) is 7.17. The van der Waals surface area contributed by atoms with E-state index in [-0.39, 0.29) is 5.56 Å². The smallest absolute Gasteiger partial charge is 0.338 e. The molecule has 0 aliphatic rings. The third-order valence-electron chi connectivity index (χ3n) is 1.76. The van der Waals surface area contributed by atoms with E-state index in [1.165, 1.54) is 6.08 Å². The molecule has 0 spiro atoms. The topological polar surface area (TPSA) is 37.3 Å². The SMILES string of the molecule is C=Cc1cc(C)c(C(=O)O)c(F)c1. The van der Waals surface area contributed by atoms with E-state index in [9.17, 15) is 9.18 Å². The van der Waals surface area contributed by atoms with Crippen LogP contribution < -0.4 is 0 Å². The van der Waals surface area contributed by atoms with E-state index in [1.807, 2.05) is 0 Å². The Bertz CT molecular complexity index is 346. The van der Waals surface area contributed by atoms with Crippen LogP contribution in [0, 0.1) is 12.7 Å². The van der Waals surface area contributed by atoms with Crippen LogP contribution in [0.4, 0.5) is 4.39 Å². The molecule has 1 aromatic carbocycles. The van der Waals surface area contributed by atoms with Crippen LogP contribution in [0.2, 0.25) is 0 Å². The lowest BCUT2D eigenvalue weighted by molar-refractivity contribution is 0.0691. The summed E-state index contributed by atoms with van der Waals surface area (Å²) in [5.74, 6) is -1.96. The molecule has 0 bridgehead atoms. The van der Waals surface area contributed by atoms with Crippen LogP contribution in [0.15, 0.2) is 18.7 Å². The van der Waals surface area contributed by atoms with Crippen molar-refractivity contribution in [3.63, 3.8) is 0 Å². The highest BCUT2D eigenvalue weighted by Gasteiger charge is 2.13. The Balaban J connectivity index is 3.39. The van der Waals surface area contributed by atoms with Gasteiger partial charge in [-0.2, -0.15) is 0 Å². The van der Waals surface area contributed by atoms with Crippen molar-refractivity contribution >= 4 is 12.0 Å². The predicted molar refractivity (Wildman–Crippen MR) is 48.2 cm³/mol. The van der Waals surface area contributed by atoms with Gasteiger partial charge in [-0.1, -0.05) is 18.7 Å². The Labute approximate surface area is 75.3 Å². The number of benzene rings is 1. The molecule has 0 aliphatic heterocycles. The highest BCUT2D eigenvalue weighted by Crippen LogP contribution is 2.16. The maximum Gasteiger partial charge on any atom is 0.338 e. The molecular weight excluding hydrogens is 171 g/mol. The van der Waals surface area contributed by atoms with Gasteiger partial charge in [-0.15, -0.1) is 0 Å². The zero-order chi connectivity index (χ0) is 10.0. The number of carboxylic acid groups (broad SMARTS) is 1. The molecule has 0 radical (unpaired) electrons. The highest BCUT2D eigenvalue weighted by molar-refractivity contribution is 5.90. The lowest BCUT2D eigenvalue weighted by atomic mass is 10.0. The van der Waals surface area contributed by atoms with E-state index < -0.39 is 11.8 Å². The Morgan fingerprint density at radius 2 is 2.23 bits per heavy atom. The minimum atomic E-state index is -1.24. The van der Waals surface area contributed by atoms with Gasteiger partial charge in [0.25, 0.3) is 0 Å². The minimum Gasteiger partial charge on any atom is -0.478 e. The molecule has 13 heavy (non-hydrogen) atoms. The molecule has 0 saturated carbocycles. The number of hydrogen-bond acceptors (Lipinski definition) is 1. The van der Waals surface area contributed by atoms with Gasteiger partial charge in [-0.05, 0) is 24.1 Å². The van der Waals surface area contributed by atoms with Crippen molar-refractivity contribution in [3.8, 4) is 0 Å². The number of halogens is 1. The molecule has 0 saturated heterocycles. The third-order valence-corrected chi connectivity index (χ3v) is 1.76. The fraction of sp³-hybridized carbons (Fsp3) is 0.100. The van der Waals surface area contributed by atoms with Gasteiger partial charge in [0.15, 0.2) is 0 Å². The minimum absolute atomic E-state index is 0.273. The molecular formula is C10H9FO2. The second-order valence-corrected chi connectivity index (χ2v) is 2.70. The summed E-state index contributed by atoms with van der Waals surface area (Å²) in [4.78, 5) is 10.6. The van der Waals surface area contributed by atoms with Gasteiger partial charge >= 0.3 is 5.97 Å². The summed E-state index contributed by atoms with van der Waals surface area (Å²) in [6.07, 6.45) is 1.47. The van der Waals surface area contributed by atoms with Gasteiger partial charge in [-0.25, -0.2) is 9.18 Å². The monoisotopic (exact) mass is 180 g/mol. The van der Waals surface area contributed by atoms with Crippen molar-refractivity contribution in [3.05, 3.63) is 41.2 Å². The number of hydrogen-bond donors (Lipinski definition) is 1. The van der Waals surface area contributed by atoms with Crippen molar-refractivity contribution in [1.82, 2.24) is 0 Å². The van der Waals surface area contributed by atoms with Crippen LogP contribution >= 0.6 is 0 Å². The first-order chi connectivity index (χ1) is 6.06. The quantitative estimate of drug-likeness (QED) is 0.759. The molecule has 1 rings (SSSR count). The Morgan fingerprint density at radius 3 is 2.62 bits per heavy atom. The van der Waals surface area contributed by atoms with Crippen molar-refractivity contribution in [1.29, 1.82) is 0 Å². The third kappa shape index (κ3) is 1.75. The fourth-order valence-corrected chi connectivity index (χ4v) is 1.16. The molecule has 1 aromatic rings. The molecule has 0 unspecified atom stereocenters. The summed E-state index contributed by atoms with van der Waals surface area (Å²) in [5.41, 5.74) is 0.716. The molecule has 3 heteroatoms. The predicted octanol–water partition coefficient (Wildman–Crippen LogP) is 2.48.